The minimum absolute atomic E-state index is 0.233. The molecule has 0 heteroatoms. The van der Waals surface area contributed by atoms with Crippen molar-refractivity contribution in [2.24, 2.45) is 5.41 Å². The van der Waals surface area contributed by atoms with E-state index in [0.29, 0.717) is 0 Å². The predicted molar refractivity (Wildman–Crippen MR) is 96.9 cm³/mol. The van der Waals surface area contributed by atoms with Crippen LogP contribution < -0.4 is 0 Å². The molecule has 0 saturated carbocycles. The lowest BCUT2D eigenvalue weighted by atomic mass is 9.77. The average molecular weight is 288 g/mol. The molecule has 1 aliphatic rings. The van der Waals surface area contributed by atoms with E-state index in [0.717, 1.165) is 6.42 Å². The van der Waals surface area contributed by atoms with E-state index in [2.05, 4.69) is 88.4 Å². The van der Waals surface area contributed by atoms with Crippen LogP contribution in [0.4, 0.5) is 0 Å². The van der Waals surface area contributed by atoms with Crippen LogP contribution in [0.25, 0.3) is 16.7 Å². The Balaban J connectivity index is 2.19. The van der Waals surface area contributed by atoms with Crippen molar-refractivity contribution in [2.75, 3.05) is 0 Å². The van der Waals surface area contributed by atoms with E-state index in [1.165, 1.54) is 33.4 Å². The fourth-order valence-corrected chi connectivity index (χ4v) is 3.28. The van der Waals surface area contributed by atoms with E-state index in [9.17, 15) is 0 Å². The zero-order valence-corrected chi connectivity index (χ0v) is 14.0. The van der Waals surface area contributed by atoms with Gasteiger partial charge in [0, 0.05) is 0 Å². The Kier molecular flexibility index (Phi) is 3.78. The van der Waals surface area contributed by atoms with Gasteiger partial charge in [-0.15, -0.1) is 0 Å². The van der Waals surface area contributed by atoms with Crippen LogP contribution in [0, 0.1) is 19.3 Å². The van der Waals surface area contributed by atoms with E-state index in [-0.39, 0.29) is 5.41 Å². The molecule has 0 heterocycles. The van der Waals surface area contributed by atoms with Gasteiger partial charge in [0.25, 0.3) is 0 Å². The molecule has 0 radical (unpaired) electrons. The van der Waals surface area contributed by atoms with E-state index < -0.39 is 0 Å². The molecular formula is C22H24. The van der Waals surface area contributed by atoms with Crippen molar-refractivity contribution in [3.63, 3.8) is 0 Å². The molecule has 0 aliphatic heterocycles. The summed E-state index contributed by atoms with van der Waals surface area (Å²) in [5, 5.41) is 0. The molecule has 0 N–H and O–H groups in total. The molecule has 0 spiro atoms. The Bertz CT molecular complexity index is 743. The number of hydrogen-bond donors (Lipinski definition) is 0. The highest BCUT2D eigenvalue weighted by Crippen LogP contribution is 2.40. The second-order valence-corrected chi connectivity index (χ2v) is 7.01. The summed E-state index contributed by atoms with van der Waals surface area (Å²) in [7, 11) is 0. The highest BCUT2D eigenvalue weighted by molar-refractivity contribution is 5.85. The third-order valence-electron chi connectivity index (χ3n) is 4.64. The van der Waals surface area contributed by atoms with Crippen molar-refractivity contribution in [2.45, 2.75) is 34.1 Å². The second kappa shape index (κ2) is 5.61. The minimum Gasteiger partial charge on any atom is -0.0785 e. The summed E-state index contributed by atoms with van der Waals surface area (Å²) in [6.45, 7) is 9.05. The summed E-state index contributed by atoms with van der Waals surface area (Å²) in [5.41, 5.74) is 8.49. The molecule has 0 bridgehead atoms. The lowest BCUT2D eigenvalue weighted by Gasteiger charge is -2.27. The summed E-state index contributed by atoms with van der Waals surface area (Å²) in [6, 6.07) is 15.3. The summed E-state index contributed by atoms with van der Waals surface area (Å²) < 4.78 is 0. The van der Waals surface area contributed by atoms with E-state index in [1.807, 2.05) is 0 Å². The molecule has 2 aromatic carbocycles. The molecule has 0 saturated heterocycles. The third kappa shape index (κ3) is 2.78. The molecule has 112 valence electrons. The third-order valence-corrected chi connectivity index (χ3v) is 4.64. The lowest BCUT2D eigenvalue weighted by molar-refractivity contribution is 0.492. The maximum absolute atomic E-state index is 2.31. The Labute approximate surface area is 134 Å². The monoisotopic (exact) mass is 288 g/mol. The number of aryl methyl sites for hydroxylation is 1. The SMILES string of the molecule is Cc1ccc(C2=CC=CC(C)(C)C2)c(-c2ccccc2)c1C. The van der Waals surface area contributed by atoms with Gasteiger partial charge in [-0.2, -0.15) is 0 Å². The minimum atomic E-state index is 0.233. The Morgan fingerprint density at radius 2 is 1.64 bits per heavy atom. The van der Waals surface area contributed by atoms with Gasteiger partial charge in [0.05, 0.1) is 0 Å². The average Bonchev–Trinajstić information content (AvgIpc) is 2.49. The normalized spacial score (nSPS) is 16.5. The van der Waals surface area contributed by atoms with Crippen molar-refractivity contribution in [3.05, 3.63) is 77.4 Å². The summed E-state index contributed by atoms with van der Waals surface area (Å²) in [6.07, 6.45) is 7.89. The maximum Gasteiger partial charge on any atom is -0.00767 e. The van der Waals surface area contributed by atoms with Crippen LogP contribution in [0.5, 0.6) is 0 Å². The van der Waals surface area contributed by atoms with E-state index in [4.69, 9.17) is 0 Å². The molecule has 22 heavy (non-hydrogen) atoms. The zero-order chi connectivity index (χ0) is 15.7. The molecule has 0 nitrogen and oxygen atoms in total. The van der Waals surface area contributed by atoms with Gasteiger partial charge in [0.2, 0.25) is 0 Å². The van der Waals surface area contributed by atoms with Gasteiger partial charge in [0.1, 0.15) is 0 Å². The zero-order valence-electron chi connectivity index (χ0n) is 14.0. The second-order valence-electron chi connectivity index (χ2n) is 7.01. The van der Waals surface area contributed by atoms with Crippen LogP contribution in [0.1, 0.15) is 37.0 Å². The number of allylic oxidation sites excluding steroid dienone is 4. The number of hydrogen-bond acceptors (Lipinski definition) is 0. The van der Waals surface area contributed by atoms with Gasteiger partial charge in [-0.1, -0.05) is 74.5 Å². The highest BCUT2D eigenvalue weighted by Gasteiger charge is 2.22. The summed E-state index contributed by atoms with van der Waals surface area (Å²) in [5.74, 6) is 0. The van der Waals surface area contributed by atoms with E-state index in [1.54, 1.807) is 0 Å². The van der Waals surface area contributed by atoms with Gasteiger partial charge in [-0.25, -0.2) is 0 Å². The van der Waals surface area contributed by atoms with Crippen LogP contribution in [0.3, 0.4) is 0 Å². The van der Waals surface area contributed by atoms with Crippen LogP contribution in [0.15, 0.2) is 60.7 Å². The first-order valence-electron chi connectivity index (χ1n) is 8.02. The Morgan fingerprint density at radius 3 is 2.32 bits per heavy atom. The summed E-state index contributed by atoms with van der Waals surface area (Å²) >= 11 is 0. The fraction of sp³-hybridized carbons (Fsp3) is 0.273. The molecule has 0 amide bonds. The smallest absolute Gasteiger partial charge is 0.00767 e. The van der Waals surface area contributed by atoms with E-state index >= 15 is 0 Å². The highest BCUT2D eigenvalue weighted by atomic mass is 14.3. The standard InChI is InChI=1S/C22H24/c1-16-12-13-20(19-11-8-14-22(3,4)15-19)21(17(16)2)18-9-6-5-7-10-18/h5-14H,15H2,1-4H3. The van der Waals surface area contributed by atoms with Crippen LogP contribution in [0.2, 0.25) is 0 Å². The van der Waals surface area contributed by atoms with Crippen molar-refractivity contribution in [1.82, 2.24) is 0 Å². The largest absolute Gasteiger partial charge is 0.0785 e. The number of benzene rings is 2. The molecule has 3 rings (SSSR count). The number of rotatable bonds is 2. The van der Waals surface area contributed by atoms with Crippen molar-refractivity contribution < 1.29 is 0 Å². The summed E-state index contributed by atoms with van der Waals surface area (Å²) in [4.78, 5) is 0. The molecule has 0 unspecified atom stereocenters. The van der Waals surface area contributed by atoms with Crippen molar-refractivity contribution >= 4 is 5.57 Å². The van der Waals surface area contributed by atoms with Crippen LogP contribution in [-0.2, 0) is 0 Å². The molecule has 0 fully saturated rings. The molecule has 0 atom stereocenters. The van der Waals surface area contributed by atoms with Crippen molar-refractivity contribution in [1.29, 1.82) is 0 Å². The quantitative estimate of drug-likeness (QED) is 0.605. The Hall–Kier alpha value is -2.08. The molecule has 2 aromatic rings. The van der Waals surface area contributed by atoms with Crippen LogP contribution >= 0.6 is 0 Å². The topological polar surface area (TPSA) is 0 Å². The van der Waals surface area contributed by atoms with Crippen molar-refractivity contribution in [3.8, 4) is 11.1 Å². The molecule has 1 aliphatic carbocycles. The van der Waals surface area contributed by atoms with Gasteiger partial charge < -0.3 is 0 Å². The predicted octanol–water partition coefficient (Wildman–Crippen LogP) is 6.34. The first-order valence-corrected chi connectivity index (χ1v) is 8.02. The van der Waals surface area contributed by atoms with Gasteiger partial charge in [-0.3, -0.25) is 0 Å². The molecular weight excluding hydrogens is 264 g/mol. The Morgan fingerprint density at radius 1 is 0.909 bits per heavy atom. The maximum atomic E-state index is 2.31. The van der Waals surface area contributed by atoms with Gasteiger partial charge in [0.15, 0.2) is 0 Å². The van der Waals surface area contributed by atoms with Gasteiger partial charge >= 0.3 is 0 Å². The fourth-order valence-electron chi connectivity index (χ4n) is 3.28. The lowest BCUT2D eigenvalue weighted by Crippen LogP contribution is -2.11. The van der Waals surface area contributed by atoms with Crippen LogP contribution in [-0.4, -0.2) is 0 Å². The molecule has 0 aromatic heterocycles. The van der Waals surface area contributed by atoms with Gasteiger partial charge in [-0.05, 0) is 59.1 Å². The first-order chi connectivity index (χ1) is 10.5. The first kappa shape index (κ1) is 14.8.